The molecular formula is C20H19BrN2O4S. The fourth-order valence-electron chi connectivity index (χ4n) is 3.12. The average molecular weight is 463 g/mol. The monoisotopic (exact) mass is 462 g/mol. The molecule has 0 atom stereocenters. The van der Waals surface area contributed by atoms with Crippen molar-refractivity contribution in [1.82, 2.24) is 4.98 Å². The van der Waals surface area contributed by atoms with Gasteiger partial charge in [-0.15, -0.1) is 0 Å². The third-order valence-corrected chi connectivity index (χ3v) is 5.96. The molecule has 6 nitrogen and oxygen atoms in total. The van der Waals surface area contributed by atoms with Crippen molar-refractivity contribution in [3.8, 4) is 17.2 Å². The summed E-state index contributed by atoms with van der Waals surface area (Å²) in [5.74, 6) is 2.43. The summed E-state index contributed by atoms with van der Waals surface area (Å²) in [4.78, 5) is 9.93. The van der Waals surface area contributed by atoms with Gasteiger partial charge in [-0.3, -0.25) is 0 Å². The smallest absolute Gasteiger partial charge is 0.234 e. The molecule has 28 heavy (non-hydrogen) atoms. The molecule has 0 aliphatic carbocycles. The van der Waals surface area contributed by atoms with E-state index in [1.807, 2.05) is 24.3 Å². The minimum absolute atomic E-state index is 0.569. The van der Waals surface area contributed by atoms with Gasteiger partial charge in [0.05, 0.1) is 32.8 Å². The molecule has 1 aliphatic heterocycles. The van der Waals surface area contributed by atoms with Crippen LogP contribution >= 0.6 is 27.7 Å². The fourth-order valence-corrected chi connectivity index (χ4v) is 4.56. The van der Waals surface area contributed by atoms with Gasteiger partial charge in [0, 0.05) is 20.3 Å². The molecule has 0 unspecified atom stereocenters. The number of aromatic amines is 1. The van der Waals surface area contributed by atoms with Crippen LogP contribution in [0.15, 0.2) is 49.6 Å². The van der Waals surface area contributed by atoms with Gasteiger partial charge in [0.1, 0.15) is 12.3 Å². The second-order valence-corrected chi connectivity index (χ2v) is 8.02. The van der Waals surface area contributed by atoms with E-state index >= 15 is 0 Å². The summed E-state index contributed by atoms with van der Waals surface area (Å²) in [7, 11) is 4.82. The molecular weight excluding hydrogens is 444 g/mol. The van der Waals surface area contributed by atoms with E-state index in [0.717, 1.165) is 30.9 Å². The summed E-state index contributed by atoms with van der Waals surface area (Å²) >= 11 is 5.16. The number of aromatic nitrogens is 1. The van der Waals surface area contributed by atoms with E-state index in [1.54, 1.807) is 33.1 Å². The minimum atomic E-state index is 0.569. The number of rotatable bonds is 6. The van der Waals surface area contributed by atoms with Gasteiger partial charge < -0.3 is 23.9 Å². The summed E-state index contributed by atoms with van der Waals surface area (Å²) in [6.07, 6.45) is 0. The number of ether oxygens (including phenoxy) is 4. The normalized spacial score (nSPS) is 13.4. The van der Waals surface area contributed by atoms with Crippen molar-refractivity contribution in [1.29, 1.82) is 0 Å². The number of hydrogen-bond acceptors (Lipinski definition) is 6. The number of hydrogen-bond donors (Lipinski definition) is 1. The first kappa shape index (κ1) is 19.0. The molecule has 0 amide bonds. The zero-order valence-electron chi connectivity index (χ0n) is 15.7. The van der Waals surface area contributed by atoms with Crippen LogP contribution in [0, 0.1) is 0 Å². The van der Waals surface area contributed by atoms with Crippen molar-refractivity contribution < 1.29 is 18.9 Å². The number of aliphatic imine (C=N–C) groups is 1. The van der Waals surface area contributed by atoms with Crippen LogP contribution in [0.4, 0.5) is 0 Å². The van der Waals surface area contributed by atoms with E-state index in [4.69, 9.17) is 18.9 Å². The molecule has 0 spiro atoms. The third-order valence-electron chi connectivity index (χ3n) is 4.37. The molecule has 1 N–H and O–H groups in total. The lowest BCUT2D eigenvalue weighted by molar-refractivity contribution is 0.323. The van der Waals surface area contributed by atoms with Gasteiger partial charge in [0.2, 0.25) is 11.6 Å². The minimum Gasteiger partial charge on any atom is -0.493 e. The topological polar surface area (TPSA) is 65.1 Å². The second kappa shape index (κ2) is 7.97. The van der Waals surface area contributed by atoms with E-state index in [1.165, 1.54) is 0 Å². The number of halogens is 1. The number of benzene rings is 2. The Hall–Kier alpha value is -2.32. The van der Waals surface area contributed by atoms with Crippen LogP contribution in [0.1, 0.15) is 5.69 Å². The van der Waals surface area contributed by atoms with Crippen LogP contribution in [-0.4, -0.2) is 45.4 Å². The standard InChI is InChI=1S/C20H19BrN2O4S/c1-24-15-9-12(10-16(25-2)18(15)26-3)28-19-13-8-11(21)4-5-14(13)23-17(19)20-22-6-7-27-20/h4-5,8-10,23H,6-7H2,1-3H3. The van der Waals surface area contributed by atoms with Crippen LogP contribution in [0.2, 0.25) is 0 Å². The van der Waals surface area contributed by atoms with Crippen molar-refractivity contribution >= 4 is 44.5 Å². The number of nitrogens with zero attached hydrogens (tertiary/aromatic N) is 1. The first-order valence-corrected chi connectivity index (χ1v) is 10.2. The maximum Gasteiger partial charge on any atom is 0.234 e. The molecule has 0 saturated carbocycles. The number of methoxy groups -OCH3 is 3. The Morgan fingerprint density at radius 2 is 1.82 bits per heavy atom. The molecule has 2 heterocycles. The van der Waals surface area contributed by atoms with Crippen molar-refractivity contribution in [3.63, 3.8) is 0 Å². The SMILES string of the molecule is COc1cc(Sc2c(C3=NCCO3)[nH]c3ccc(Br)cc23)cc(OC)c1OC. The molecule has 0 radical (unpaired) electrons. The summed E-state index contributed by atoms with van der Waals surface area (Å²) in [6, 6.07) is 10.0. The lowest BCUT2D eigenvalue weighted by atomic mass is 10.2. The molecule has 1 aliphatic rings. The fraction of sp³-hybridized carbons (Fsp3) is 0.250. The lowest BCUT2D eigenvalue weighted by Crippen LogP contribution is -2.03. The molecule has 0 fully saturated rings. The molecule has 146 valence electrons. The van der Waals surface area contributed by atoms with Crippen molar-refractivity contribution in [2.45, 2.75) is 9.79 Å². The molecule has 1 aromatic heterocycles. The summed E-state index contributed by atoms with van der Waals surface area (Å²) in [6.45, 7) is 1.27. The van der Waals surface area contributed by atoms with E-state index in [-0.39, 0.29) is 0 Å². The second-order valence-electron chi connectivity index (χ2n) is 6.02. The first-order valence-electron chi connectivity index (χ1n) is 8.61. The molecule has 0 saturated heterocycles. The zero-order chi connectivity index (χ0) is 19.7. The highest BCUT2D eigenvalue weighted by Crippen LogP contribution is 2.45. The van der Waals surface area contributed by atoms with Gasteiger partial charge in [0.25, 0.3) is 0 Å². The predicted molar refractivity (Wildman–Crippen MR) is 114 cm³/mol. The maximum atomic E-state index is 5.73. The molecule has 3 aromatic rings. The summed E-state index contributed by atoms with van der Waals surface area (Å²) in [5.41, 5.74) is 1.90. The zero-order valence-corrected chi connectivity index (χ0v) is 18.1. The van der Waals surface area contributed by atoms with Crippen molar-refractivity contribution in [3.05, 3.63) is 40.5 Å². The molecule has 0 bridgehead atoms. The van der Waals surface area contributed by atoms with Crippen LogP contribution in [0.25, 0.3) is 10.9 Å². The first-order chi connectivity index (χ1) is 13.6. The Morgan fingerprint density at radius 1 is 1.07 bits per heavy atom. The Morgan fingerprint density at radius 3 is 2.43 bits per heavy atom. The molecule has 2 aromatic carbocycles. The Kier molecular flexibility index (Phi) is 5.41. The van der Waals surface area contributed by atoms with Crippen LogP contribution in [0.5, 0.6) is 17.2 Å². The molecule has 4 rings (SSSR count). The Balaban J connectivity index is 1.85. The number of nitrogens with one attached hydrogen (secondary N) is 1. The predicted octanol–water partition coefficient (Wildman–Crippen LogP) is 4.88. The quantitative estimate of drug-likeness (QED) is 0.565. The average Bonchev–Trinajstić information content (AvgIpc) is 3.35. The summed E-state index contributed by atoms with van der Waals surface area (Å²) in [5, 5.41) is 1.08. The highest BCUT2D eigenvalue weighted by atomic mass is 79.9. The van der Waals surface area contributed by atoms with E-state index in [9.17, 15) is 0 Å². The van der Waals surface area contributed by atoms with E-state index in [0.29, 0.717) is 36.3 Å². The van der Waals surface area contributed by atoms with E-state index in [2.05, 4.69) is 32.0 Å². The Labute approximate surface area is 175 Å². The van der Waals surface area contributed by atoms with Gasteiger partial charge in [-0.2, -0.15) is 0 Å². The van der Waals surface area contributed by atoms with Gasteiger partial charge in [-0.25, -0.2) is 4.99 Å². The number of fused-ring (bicyclic) bond motifs is 1. The Bertz CT molecular complexity index is 1040. The summed E-state index contributed by atoms with van der Waals surface area (Å²) < 4.78 is 23.1. The van der Waals surface area contributed by atoms with E-state index < -0.39 is 0 Å². The third kappa shape index (κ3) is 3.42. The van der Waals surface area contributed by atoms with Crippen molar-refractivity contribution in [2.24, 2.45) is 4.99 Å². The van der Waals surface area contributed by atoms with Crippen LogP contribution in [0.3, 0.4) is 0 Å². The largest absolute Gasteiger partial charge is 0.493 e. The van der Waals surface area contributed by atoms with Crippen LogP contribution < -0.4 is 14.2 Å². The highest BCUT2D eigenvalue weighted by Gasteiger charge is 2.22. The van der Waals surface area contributed by atoms with Gasteiger partial charge in [-0.1, -0.05) is 27.7 Å². The van der Waals surface area contributed by atoms with Gasteiger partial charge in [-0.05, 0) is 30.3 Å². The maximum absolute atomic E-state index is 5.73. The lowest BCUT2D eigenvalue weighted by Gasteiger charge is -2.14. The van der Waals surface area contributed by atoms with Crippen molar-refractivity contribution in [2.75, 3.05) is 34.5 Å². The highest BCUT2D eigenvalue weighted by molar-refractivity contribution is 9.10. The van der Waals surface area contributed by atoms with Gasteiger partial charge in [0.15, 0.2) is 11.5 Å². The molecule has 8 heteroatoms. The van der Waals surface area contributed by atoms with Crippen LogP contribution in [-0.2, 0) is 4.74 Å². The van der Waals surface area contributed by atoms with Gasteiger partial charge >= 0.3 is 0 Å². The number of H-pyrrole nitrogens is 1.